The van der Waals surface area contributed by atoms with Gasteiger partial charge in [-0.1, -0.05) is 12.1 Å². The van der Waals surface area contributed by atoms with Crippen LogP contribution in [0.15, 0.2) is 24.3 Å². The number of carbonyl (C=O) groups excluding carboxylic acids is 1. The maximum atomic E-state index is 12.8. The van der Waals surface area contributed by atoms with Gasteiger partial charge in [0.25, 0.3) is 0 Å². The first kappa shape index (κ1) is 19.1. The van der Waals surface area contributed by atoms with Crippen LogP contribution in [0.25, 0.3) is 0 Å². The van der Waals surface area contributed by atoms with Gasteiger partial charge in [-0.2, -0.15) is 0 Å². The first-order chi connectivity index (χ1) is 12.6. The molecule has 0 aromatic heterocycles. The van der Waals surface area contributed by atoms with Gasteiger partial charge in [0.1, 0.15) is 0 Å². The minimum absolute atomic E-state index is 0.0311. The molecule has 144 valence electrons. The highest BCUT2D eigenvalue weighted by Gasteiger charge is 2.46. The second-order valence-electron chi connectivity index (χ2n) is 7.38. The lowest BCUT2D eigenvalue weighted by atomic mass is 9.96. The Morgan fingerprint density at radius 3 is 3.00 bits per heavy atom. The highest BCUT2D eigenvalue weighted by molar-refractivity contribution is 5.90. The molecule has 2 amide bonds. The van der Waals surface area contributed by atoms with Crippen molar-refractivity contribution in [2.24, 2.45) is 0 Å². The molecule has 2 aliphatic heterocycles. The summed E-state index contributed by atoms with van der Waals surface area (Å²) < 4.78 is 16.7. The average molecular weight is 362 g/mol. The van der Waals surface area contributed by atoms with Crippen LogP contribution in [0.3, 0.4) is 0 Å². The molecule has 6 nitrogen and oxygen atoms in total. The Morgan fingerprint density at radius 2 is 2.23 bits per heavy atom. The first-order valence-electron chi connectivity index (χ1n) is 9.54. The summed E-state index contributed by atoms with van der Waals surface area (Å²) in [7, 11) is 0. The van der Waals surface area contributed by atoms with Crippen molar-refractivity contribution >= 4 is 11.7 Å². The third-order valence-electron chi connectivity index (χ3n) is 5.05. The number of hydrogen-bond donors (Lipinski definition) is 1. The lowest BCUT2D eigenvalue weighted by molar-refractivity contribution is 0.0143. The highest BCUT2D eigenvalue weighted by Crippen LogP contribution is 2.36. The Balaban J connectivity index is 1.51. The predicted octanol–water partition coefficient (Wildman–Crippen LogP) is 3.42. The van der Waals surface area contributed by atoms with Crippen molar-refractivity contribution in [3.05, 3.63) is 29.8 Å². The predicted molar refractivity (Wildman–Crippen MR) is 100 cm³/mol. The van der Waals surface area contributed by atoms with Crippen LogP contribution in [0.4, 0.5) is 10.5 Å². The summed E-state index contributed by atoms with van der Waals surface area (Å²) in [5.74, 6) is 0. The Morgan fingerprint density at radius 1 is 1.35 bits per heavy atom. The number of hydrogen-bond acceptors (Lipinski definition) is 4. The number of amides is 2. The summed E-state index contributed by atoms with van der Waals surface area (Å²) in [5, 5.41) is 3.04. The van der Waals surface area contributed by atoms with Gasteiger partial charge in [-0.05, 0) is 50.8 Å². The van der Waals surface area contributed by atoms with E-state index in [1.807, 2.05) is 43.0 Å². The molecule has 26 heavy (non-hydrogen) atoms. The SMILES string of the molecule is CC(C)OCCOCc1cccc(NC(=O)N2CCCC23CCOC3)c1. The van der Waals surface area contributed by atoms with Crippen LogP contribution < -0.4 is 5.32 Å². The van der Waals surface area contributed by atoms with E-state index in [9.17, 15) is 4.79 Å². The zero-order valence-electron chi connectivity index (χ0n) is 15.8. The van der Waals surface area contributed by atoms with Gasteiger partial charge in [-0.3, -0.25) is 0 Å². The van der Waals surface area contributed by atoms with E-state index in [4.69, 9.17) is 14.2 Å². The number of anilines is 1. The van der Waals surface area contributed by atoms with Crippen molar-refractivity contribution in [1.29, 1.82) is 0 Å². The van der Waals surface area contributed by atoms with E-state index >= 15 is 0 Å². The number of nitrogens with one attached hydrogen (secondary N) is 1. The van der Waals surface area contributed by atoms with Gasteiger partial charge in [0.05, 0.1) is 38.1 Å². The summed E-state index contributed by atoms with van der Waals surface area (Å²) in [6.45, 7) is 7.88. The Labute approximate surface area is 155 Å². The van der Waals surface area contributed by atoms with Crippen molar-refractivity contribution in [2.45, 2.75) is 51.4 Å². The topological polar surface area (TPSA) is 60.0 Å². The zero-order valence-corrected chi connectivity index (χ0v) is 15.8. The maximum Gasteiger partial charge on any atom is 0.322 e. The molecule has 2 fully saturated rings. The van der Waals surface area contributed by atoms with Crippen molar-refractivity contribution in [2.75, 3.05) is 38.3 Å². The van der Waals surface area contributed by atoms with Crippen LogP contribution in [-0.2, 0) is 20.8 Å². The van der Waals surface area contributed by atoms with Crippen molar-refractivity contribution < 1.29 is 19.0 Å². The van der Waals surface area contributed by atoms with Gasteiger partial charge >= 0.3 is 6.03 Å². The molecular formula is C20H30N2O4. The highest BCUT2D eigenvalue weighted by atomic mass is 16.5. The largest absolute Gasteiger partial charge is 0.379 e. The summed E-state index contributed by atoms with van der Waals surface area (Å²) in [6.07, 6.45) is 3.24. The lowest BCUT2D eigenvalue weighted by Crippen LogP contribution is -2.49. The van der Waals surface area contributed by atoms with Gasteiger partial charge in [0.15, 0.2) is 0 Å². The van der Waals surface area contributed by atoms with Crippen LogP contribution in [0.1, 0.15) is 38.7 Å². The molecule has 0 aliphatic carbocycles. The lowest BCUT2D eigenvalue weighted by Gasteiger charge is -2.33. The molecule has 1 aromatic carbocycles. The smallest absolute Gasteiger partial charge is 0.322 e. The van der Waals surface area contributed by atoms with Crippen molar-refractivity contribution in [1.82, 2.24) is 4.90 Å². The monoisotopic (exact) mass is 362 g/mol. The van der Waals surface area contributed by atoms with Crippen LogP contribution in [0.5, 0.6) is 0 Å². The minimum Gasteiger partial charge on any atom is -0.379 e. The van der Waals surface area contributed by atoms with Gasteiger partial charge in [0.2, 0.25) is 0 Å². The Hall–Kier alpha value is -1.63. The fourth-order valence-corrected chi connectivity index (χ4v) is 3.72. The zero-order chi connectivity index (χ0) is 18.4. The van der Waals surface area contributed by atoms with E-state index < -0.39 is 0 Å². The molecule has 0 bridgehead atoms. The van der Waals surface area contributed by atoms with E-state index in [1.54, 1.807) is 0 Å². The molecule has 0 saturated carbocycles. The number of benzene rings is 1. The molecule has 6 heteroatoms. The van der Waals surface area contributed by atoms with Crippen LogP contribution >= 0.6 is 0 Å². The molecule has 3 rings (SSSR count). The van der Waals surface area contributed by atoms with E-state index in [0.29, 0.717) is 26.4 Å². The summed E-state index contributed by atoms with van der Waals surface area (Å²) in [4.78, 5) is 14.7. The van der Waals surface area contributed by atoms with Crippen LogP contribution in [0, 0.1) is 0 Å². The molecule has 0 radical (unpaired) electrons. The van der Waals surface area contributed by atoms with E-state index in [0.717, 1.165) is 43.7 Å². The first-order valence-corrected chi connectivity index (χ1v) is 9.54. The number of carbonyl (C=O) groups is 1. The summed E-state index contributed by atoms with van der Waals surface area (Å²) in [6, 6.07) is 7.79. The second kappa shape index (κ2) is 8.84. The van der Waals surface area contributed by atoms with E-state index in [1.165, 1.54) is 0 Å². The number of rotatable bonds is 7. The minimum atomic E-state index is -0.0960. The number of urea groups is 1. The van der Waals surface area contributed by atoms with Crippen LogP contribution in [0.2, 0.25) is 0 Å². The number of nitrogens with zero attached hydrogens (tertiary/aromatic N) is 1. The fraction of sp³-hybridized carbons (Fsp3) is 0.650. The van der Waals surface area contributed by atoms with E-state index in [2.05, 4.69) is 5.32 Å². The van der Waals surface area contributed by atoms with Crippen molar-refractivity contribution in [3.8, 4) is 0 Å². The van der Waals surface area contributed by atoms with Gasteiger partial charge in [-0.15, -0.1) is 0 Å². The number of ether oxygens (including phenoxy) is 3. The molecule has 1 aromatic rings. The number of likely N-dealkylation sites (tertiary alicyclic amines) is 1. The fourth-order valence-electron chi connectivity index (χ4n) is 3.72. The normalized spacial score (nSPS) is 22.5. The summed E-state index contributed by atoms with van der Waals surface area (Å²) >= 11 is 0. The van der Waals surface area contributed by atoms with Crippen LogP contribution in [-0.4, -0.2) is 55.5 Å². The Bertz CT molecular complexity index is 594. The van der Waals surface area contributed by atoms with Gasteiger partial charge in [-0.25, -0.2) is 4.79 Å². The summed E-state index contributed by atoms with van der Waals surface area (Å²) in [5.41, 5.74) is 1.74. The molecule has 1 spiro atoms. The second-order valence-corrected chi connectivity index (χ2v) is 7.38. The van der Waals surface area contributed by atoms with Gasteiger partial charge < -0.3 is 24.4 Å². The third kappa shape index (κ3) is 4.75. The molecule has 1 atom stereocenters. The van der Waals surface area contributed by atoms with E-state index in [-0.39, 0.29) is 17.7 Å². The molecule has 2 heterocycles. The quantitative estimate of drug-likeness (QED) is 0.755. The molecular weight excluding hydrogens is 332 g/mol. The van der Waals surface area contributed by atoms with Crippen molar-refractivity contribution in [3.63, 3.8) is 0 Å². The molecule has 1 unspecified atom stereocenters. The third-order valence-corrected chi connectivity index (χ3v) is 5.05. The molecule has 2 saturated heterocycles. The standard InChI is InChI=1S/C20H30N2O4/c1-16(2)26-12-11-24-14-17-5-3-6-18(13-17)21-19(23)22-9-4-7-20(22)8-10-25-15-20/h3,5-6,13,16H,4,7-12,14-15H2,1-2H3,(H,21,23). The maximum absolute atomic E-state index is 12.8. The average Bonchev–Trinajstić information content (AvgIpc) is 3.25. The molecule has 2 aliphatic rings. The Kier molecular flexibility index (Phi) is 6.51. The molecule has 1 N–H and O–H groups in total. The van der Waals surface area contributed by atoms with Gasteiger partial charge in [0, 0.05) is 18.8 Å².